The van der Waals surface area contributed by atoms with Gasteiger partial charge in [0, 0.05) is 5.56 Å². The lowest BCUT2D eigenvalue weighted by Crippen LogP contribution is -2.40. The first-order valence-corrected chi connectivity index (χ1v) is 14.4. The molecule has 1 aromatic heterocycles. The predicted molar refractivity (Wildman–Crippen MR) is 160 cm³/mol. The van der Waals surface area contributed by atoms with Crippen LogP contribution in [0.5, 0.6) is 11.5 Å². The Hall–Kier alpha value is -4.43. The molecule has 4 aromatic rings. The van der Waals surface area contributed by atoms with Crippen molar-refractivity contribution in [1.29, 1.82) is 0 Å². The number of fused-ring (bicyclic) bond motifs is 1. The first kappa shape index (κ1) is 28.1. The zero-order valence-electron chi connectivity index (χ0n) is 23.5. The fourth-order valence-corrected chi connectivity index (χ4v) is 5.79. The molecule has 0 aliphatic carbocycles. The fourth-order valence-electron chi connectivity index (χ4n) is 4.74. The number of carbonyl (C=O) groups is 1. The van der Waals surface area contributed by atoms with E-state index in [-0.39, 0.29) is 18.3 Å². The van der Waals surface area contributed by atoms with Crippen LogP contribution >= 0.6 is 11.3 Å². The highest BCUT2D eigenvalue weighted by Gasteiger charge is 2.35. The van der Waals surface area contributed by atoms with Crippen molar-refractivity contribution in [3.63, 3.8) is 0 Å². The SMILES string of the molecule is CCOC(=O)C1=C(C)N=c2s/c(=C\c3cccc(OCc4ccccc4)c3)c(=O)n2[C@H]1c1ccccc1OC(C)C. The second kappa shape index (κ2) is 12.4. The lowest BCUT2D eigenvalue weighted by molar-refractivity contribution is -0.139. The van der Waals surface area contributed by atoms with Crippen molar-refractivity contribution in [3.8, 4) is 11.5 Å². The predicted octanol–water partition coefficient (Wildman–Crippen LogP) is 5.16. The number of ether oxygens (including phenoxy) is 3. The van der Waals surface area contributed by atoms with Crippen LogP contribution in [0, 0.1) is 0 Å². The largest absolute Gasteiger partial charge is 0.491 e. The van der Waals surface area contributed by atoms with Gasteiger partial charge in [0.15, 0.2) is 4.80 Å². The molecule has 0 saturated heterocycles. The van der Waals surface area contributed by atoms with E-state index in [2.05, 4.69) is 4.99 Å². The Morgan fingerprint density at radius 1 is 1.05 bits per heavy atom. The van der Waals surface area contributed by atoms with Crippen LogP contribution in [0.3, 0.4) is 0 Å². The Morgan fingerprint density at radius 3 is 2.56 bits per heavy atom. The van der Waals surface area contributed by atoms with Crippen LogP contribution in [0.2, 0.25) is 0 Å². The van der Waals surface area contributed by atoms with Gasteiger partial charge in [-0.15, -0.1) is 0 Å². The molecule has 0 radical (unpaired) electrons. The van der Waals surface area contributed by atoms with Gasteiger partial charge < -0.3 is 14.2 Å². The molecule has 1 aliphatic heterocycles. The highest BCUT2D eigenvalue weighted by atomic mass is 32.1. The van der Waals surface area contributed by atoms with Gasteiger partial charge >= 0.3 is 5.97 Å². The van der Waals surface area contributed by atoms with Crippen LogP contribution in [-0.4, -0.2) is 23.2 Å². The van der Waals surface area contributed by atoms with Gasteiger partial charge in [0.1, 0.15) is 24.1 Å². The van der Waals surface area contributed by atoms with E-state index in [1.807, 2.05) is 98.8 Å². The summed E-state index contributed by atoms with van der Waals surface area (Å²) >= 11 is 1.28. The topological polar surface area (TPSA) is 79.1 Å². The molecular formula is C33H32N2O5S. The monoisotopic (exact) mass is 568 g/mol. The molecule has 41 heavy (non-hydrogen) atoms. The van der Waals surface area contributed by atoms with E-state index < -0.39 is 12.0 Å². The van der Waals surface area contributed by atoms with Gasteiger partial charge in [0.2, 0.25) is 0 Å². The number of thiazole rings is 1. The number of benzene rings is 3. The van der Waals surface area contributed by atoms with Gasteiger partial charge in [0.05, 0.1) is 28.5 Å². The third-order valence-electron chi connectivity index (χ3n) is 6.50. The average molecular weight is 569 g/mol. The number of rotatable bonds is 9. The van der Waals surface area contributed by atoms with Crippen molar-refractivity contribution >= 4 is 23.4 Å². The minimum atomic E-state index is -0.747. The summed E-state index contributed by atoms with van der Waals surface area (Å²) in [6.45, 7) is 8.06. The molecule has 210 valence electrons. The van der Waals surface area contributed by atoms with E-state index in [0.717, 1.165) is 11.1 Å². The van der Waals surface area contributed by atoms with Crippen molar-refractivity contribution < 1.29 is 19.0 Å². The Morgan fingerprint density at radius 2 is 1.80 bits per heavy atom. The number of aromatic nitrogens is 1. The molecule has 5 rings (SSSR count). The van der Waals surface area contributed by atoms with Gasteiger partial charge in [-0.25, -0.2) is 9.79 Å². The summed E-state index contributed by atoms with van der Waals surface area (Å²) in [5.41, 5.74) is 3.17. The minimum Gasteiger partial charge on any atom is -0.491 e. The highest BCUT2D eigenvalue weighted by Crippen LogP contribution is 2.36. The summed E-state index contributed by atoms with van der Waals surface area (Å²) in [5.74, 6) is 0.797. The molecule has 0 fully saturated rings. The third kappa shape index (κ3) is 6.18. The Balaban J connectivity index is 1.59. The van der Waals surface area contributed by atoms with E-state index in [1.54, 1.807) is 18.4 Å². The lowest BCUT2D eigenvalue weighted by Gasteiger charge is -2.26. The number of hydrogen-bond donors (Lipinski definition) is 0. The highest BCUT2D eigenvalue weighted by molar-refractivity contribution is 7.07. The molecule has 3 aromatic carbocycles. The lowest BCUT2D eigenvalue weighted by atomic mass is 9.95. The minimum absolute atomic E-state index is 0.0977. The first-order valence-electron chi connectivity index (χ1n) is 13.6. The molecule has 0 amide bonds. The Kier molecular flexibility index (Phi) is 8.50. The second-order valence-corrected chi connectivity index (χ2v) is 10.9. The summed E-state index contributed by atoms with van der Waals surface area (Å²) in [6, 6.07) is 24.3. The zero-order valence-corrected chi connectivity index (χ0v) is 24.3. The Bertz CT molecular complexity index is 1770. The zero-order chi connectivity index (χ0) is 28.9. The van der Waals surface area contributed by atoms with Crippen LogP contribution in [-0.2, 0) is 16.1 Å². The van der Waals surface area contributed by atoms with Crippen LogP contribution in [0.4, 0.5) is 0 Å². The normalized spacial score (nSPS) is 15.0. The molecule has 0 spiro atoms. The van der Waals surface area contributed by atoms with Gasteiger partial charge in [0.25, 0.3) is 5.56 Å². The van der Waals surface area contributed by atoms with Gasteiger partial charge in [-0.3, -0.25) is 9.36 Å². The maximum atomic E-state index is 14.0. The van der Waals surface area contributed by atoms with Gasteiger partial charge in [-0.05, 0) is 63.1 Å². The van der Waals surface area contributed by atoms with Crippen LogP contribution in [0.1, 0.15) is 50.4 Å². The second-order valence-electron chi connectivity index (χ2n) is 9.85. The fraction of sp³-hybridized carbons (Fsp3) is 0.242. The van der Waals surface area contributed by atoms with Crippen molar-refractivity contribution in [2.45, 2.75) is 46.4 Å². The molecular weight excluding hydrogens is 536 g/mol. The van der Waals surface area contributed by atoms with Crippen LogP contribution in [0.15, 0.2) is 99.9 Å². The van der Waals surface area contributed by atoms with Crippen molar-refractivity contribution in [1.82, 2.24) is 4.57 Å². The Labute approximate surface area is 242 Å². The van der Waals surface area contributed by atoms with Gasteiger partial charge in [-0.2, -0.15) is 0 Å². The summed E-state index contributed by atoms with van der Waals surface area (Å²) in [7, 11) is 0. The molecule has 1 aliphatic rings. The number of allylic oxidation sites excluding steroid dienone is 1. The number of nitrogens with zero attached hydrogens (tertiary/aromatic N) is 2. The van der Waals surface area contributed by atoms with E-state index in [4.69, 9.17) is 14.2 Å². The number of esters is 1. The summed E-state index contributed by atoms with van der Waals surface area (Å²) in [5, 5.41) is 0. The molecule has 1 atom stereocenters. The molecule has 8 heteroatoms. The summed E-state index contributed by atoms with van der Waals surface area (Å²) < 4.78 is 19.6. The molecule has 0 bridgehead atoms. The average Bonchev–Trinajstić information content (AvgIpc) is 3.26. The number of carbonyl (C=O) groups excluding carboxylic acids is 1. The molecule has 0 unspecified atom stereocenters. The maximum Gasteiger partial charge on any atom is 0.338 e. The maximum absolute atomic E-state index is 14.0. The molecule has 0 N–H and O–H groups in total. The molecule has 2 heterocycles. The van der Waals surface area contributed by atoms with Gasteiger partial charge in [-0.1, -0.05) is 72.0 Å². The standard InChI is InChI=1S/C33H32N2O5S/c1-5-38-32(37)29-22(4)34-33-35(30(29)26-16-9-10-17-27(26)40-21(2)3)31(36)28(41-33)19-24-14-11-15-25(18-24)39-20-23-12-7-6-8-13-23/h6-19,21,30H,5,20H2,1-4H3/b28-19-/t30-/m0/s1. The smallest absolute Gasteiger partial charge is 0.338 e. The van der Waals surface area contributed by atoms with Crippen molar-refractivity contribution in [2.24, 2.45) is 4.99 Å². The summed E-state index contributed by atoms with van der Waals surface area (Å²) in [4.78, 5) is 32.4. The van der Waals surface area contributed by atoms with Crippen molar-refractivity contribution in [2.75, 3.05) is 6.61 Å². The first-order chi connectivity index (χ1) is 19.9. The number of para-hydroxylation sites is 1. The van der Waals surface area contributed by atoms with Crippen LogP contribution in [0.25, 0.3) is 6.08 Å². The third-order valence-corrected chi connectivity index (χ3v) is 7.48. The number of hydrogen-bond acceptors (Lipinski definition) is 7. The van der Waals surface area contributed by atoms with E-state index in [9.17, 15) is 9.59 Å². The molecule has 7 nitrogen and oxygen atoms in total. The van der Waals surface area contributed by atoms with E-state index >= 15 is 0 Å². The van der Waals surface area contributed by atoms with E-state index in [0.29, 0.717) is 44.3 Å². The quantitative estimate of drug-likeness (QED) is 0.261. The van der Waals surface area contributed by atoms with Crippen molar-refractivity contribution in [3.05, 3.63) is 127 Å². The van der Waals surface area contributed by atoms with E-state index in [1.165, 1.54) is 11.3 Å². The van der Waals surface area contributed by atoms with Crippen LogP contribution < -0.4 is 24.4 Å². The molecule has 0 saturated carbocycles. The summed E-state index contributed by atoms with van der Waals surface area (Å²) in [6.07, 6.45) is 1.73.